The normalized spacial score (nSPS) is 12.8. The molecule has 0 N–H and O–H groups in total. The van der Waals surface area contributed by atoms with Crippen molar-refractivity contribution in [1.82, 2.24) is 44.2 Å². The van der Waals surface area contributed by atoms with E-state index < -0.39 is 0 Å². The SMILES string of the molecule is CC(C)c1cc(C(C)C)sn1.CC(C)c1ccc2sc(C(C)C)nc2c1.CC(C)c1csc(C(C)C)n1.CC(C)c1nc2c(s1)CCC(C(C)C)C2.CCc1nc(C(C)C)sc1C(C)C.CCc1nc(C(C)C)sc1CC.CCc1sc(C(C)C)nc1C(C)C.Cc1nc(C(C)C)sc1C(C)C.Cc1sc(C(C)C)nc1C(C)C. The fourth-order valence-corrected chi connectivity index (χ4v) is 21.3. The Kier molecular flexibility index (Phi) is 46.7. The summed E-state index contributed by atoms with van der Waals surface area (Å²) in [6.45, 7) is 88.4. The van der Waals surface area contributed by atoms with Crippen molar-refractivity contribution >= 4 is 112 Å². The summed E-state index contributed by atoms with van der Waals surface area (Å²) in [4.78, 5) is 47.4. The molecule has 0 bridgehead atoms. The van der Waals surface area contributed by atoms with Crippen molar-refractivity contribution in [3.63, 3.8) is 0 Å². The predicted octanol–water partition coefficient (Wildman–Crippen LogP) is 34.0. The molecular weight excluding hydrogens is 1570 g/mol. The summed E-state index contributed by atoms with van der Waals surface area (Å²) in [5.41, 5.74) is 12.9. The van der Waals surface area contributed by atoms with E-state index in [0.717, 1.165) is 43.0 Å². The van der Waals surface area contributed by atoms with Gasteiger partial charge in [0, 0.05) is 86.9 Å². The number of aryl methyl sites for hydroxylation is 7. The summed E-state index contributed by atoms with van der Waals surface area (Å²) in [5.74, 6) is 11.0. The lowest BCUT2D eigenvalue weighted by atomic mass is 9.83. The molecule has 9 heterocycles. The highest BCUT2D eigenvalue weighted by atomic mass is 32.1. The highest BCUT2D eigenvalue weighted by Gasteiger charge is 2.26. The first-order valence-corrected chi connectivity index (χ1v) is 50.8. The van der Waals surface area contributed by atoms with Crippen LogP contribution in [0, 0.1) is 25.7 Å². The van der Waals surface area contributed by atoms with Gasteiger partial charge in [0.25, 0.3) is 0 Å². The second kappa shape index (κ2) is 51.0. The van der Waals surface area contributed by atoms with E-state index in [2.05, 4.69) is 341 Å². The van der Waals surface area contributed by atoms with E-state index in [1.807, 2.05) is 79.4 Å². The monoisotopic (exact) mass is 1720 g/mol. The number of rotatable bonds is 21. The van der Waals surface area contributed by atoms with Crippen LogP contribution in [0.1, 0.15) is 490 Å². The second-order valence-electron chi connectivity index (χ2n) is 35.7. The molecular formula is C96H157N9S9. The molecule has 114 heavy (non-hydrogen) atoms. The number of nitrogens with zero attached hydrogens (tertiary/aromatic N) is 9. The zero-order valence-corrected chi connectivity index (χ0v) is 86.3. The molecule has 1 aliphatic rings. The van der Waals surface area contributed by atoms with Crippen LogP contribution in [0.4, 0.5) is 0 Å². The van der Waals surface area contributed by atoms with Gasteiger partial charge in [-0.3, -0.25) is 0 Å². The third kappa shape index (κ3) is 33.6. The van der Waals surface area contributed by atoms with E-state index in [0.29, 0.717) is 94.7 Å². The minimum atomic E-state index is 0.532. The fraction of sp³-hybridized carbons (Fsp3) is 0.677. The summed E-state index contributed by atoms with van der Waals surface area (Å²) >= 11 is 16.5. The van der Waals surface area contributed by atoms with Crippen LogP contribution in [0.5, 0.6) is 0 Å². The highest BCUT2D eigenvalue weighted by molar-refractivity contribution is 7.18. The van der Waals surface area contributed by atoms with Crippen molar-refractivity contribution in [2.24, 2.45) is 11.8 Å². The minimum absolute atomic E-state index is 0.532. The zero-order chi connectivity index (χ0) is 86.6. The standard InChI is InChI=1S/C13H21NS.C13H17NS.2C11H19NS.3C10H17NS.2C9H15NS/c2*1-8(2)10-5-6-12-11(7-10)14-13(15-12)9(3)4;1-6-9-10(7(2)3)12-11(13-9)8(4)5;1-6-9-10(7(2)3)13-11(12-9)8(4)5;1-6(2)9-8(5)12-10(11-9)7(3)4;1-6(2)9-8(5)11-10(12-9)7(3)4;1-5-8-9(6-2)12-10(11-8)7(3)4;1-6(2)8-5-11-9(10-8)7(3)4;1-6(2)8-5-9(7(3)4)11-10-8/h8-10H,5-7H2,1-4H3;5-9H,1-4H3;2*7-8H,6H2,1-5H3;2*6-7H,1-5H3;7H,5-6H2,1-4H3;2*5-7H,1-4H3. The van der Waals surface area contributed by atoms with Crippen LogP contribution in [0.25, 0.3) is 10.2 Å². The van der Waals surface area contributed by atoms with Crippen molar-refractivity contribution in [3.05, 3.63) is 155 Å². The molecule has 10 aromatic rings. The van der Waals surface area contributed by atoms with Crippen molar-refractivity contribution in [2.75, 3.05) is 0 Å². The van der Waals surface area contributed by atoms with Crippen molar-refractivity contribution < 1.29 is 0 Å². The molecule has 0 amide bonds. The van der Waals surface area contributed by atoms with Gasteiger partial charge in [-0.05, 0) is 153 Å². The molecule has 0 aliphatic heterocycles. The van der Waals surface area contributed by atoms with E-state index in [9.17, 15) is 0 Å². The van der Waals surface area contributed by atoms with Gasteiger partial charge in [-0.2, -0.15) is 4.37 Å². The Labute approximate surface area is 733 Å². The maximum Gasteiger partial charge on any atom is 0.0963 e. The van der Waals surface area contributed by atoms with Crippen LogP contribution in [0.15, 0.2) is 29.6 Å². The lowest BCUT2D eigenvalue weighted by molar-refractivity contribution is 0.341. The second-order valence-corrected chi connectivity index (χ2v) is 45.2. The average Bonchev–Trinajstić information content (AvgIpc) is 1.67. The summed E-state index contributed by atoms with van der Waals surface area (Å²) < 4.78 is 5.69. The van der Waals surface area contributed by atoms with Crippen LogP contribution >= 0.6 is 102 Å². The van der Waals surface area contributed by atoms with E-state index >= 15 is 0 Å². The molecule has 640 valence electrons. The number of aromatic nitrogens is 9. The molecule has 1 aromatic carbocycles. The van der Waals surface area contributed by atoms with Crippen LogP contribution in [0.3, 0.4) is 0 Å². The number of hydrogen-bond donors (Lipinski definition) is 0. The summed E-state index contributed by atoms with van der Waals surface area (Å²) in [6, 6.07) is 8.87. The fourth-order valence-electron chi connectivity index (χ4n) is 11.8. The minimum Gasteiger partial charge on any atom is -0.246 e. The molecule has 0 radical (unpaired) electrons. The van der Waals surface area contributed by atoms with Gasteiger partial charge in [0.05, 0.1) is 95.8 Å². The van der Waals surface area contributed by atoms with Crippen molar-refractivity contribution in [1.29, 1.82) is 0 Å². The maximum absolute atomic E-state index is 4.80. The predicted molar refractivity (Wildman–Crippen MR) is 519 cm³/mol. The number of hydrogen-bond acceptors (Lipinski definition) is 18. The largest absolute Gasteiger partial charge is 0.246 e. The Morgan fingerprint density at radius 1 is 0.360 bits per heavy atom. The summed E-state index contributed by atoms with van der Waals surface area (Å²) in [5, 5.41) is 12.4. The van der Waals surface area contributed by atoms with Crippen LogP contribution in [-0.4, -0.2) is 44.2 Å². The first-order valence-electron chi connectivity index (χ1n) is 43.4. The van der Waals surface area contributed by atoms with Gasteiger partial charge in [-0.15, -0.1) is 90.7 Å². The highest BCUT2D eigenvalue weighted by Crippen LogP contribution is 2.38. The maximum atomic E-state index is 4.80. The quantitative estimate of drug-likeness (QED) is 0.0693. The molecule has 1 unspecified atom stereocenters. The zero-order valence-electron chi connectivity index (χ0n) is 78.9. The Bertz CT molecular complexity index is 4040. The van der Waals surface area contributed by atoms with E-state index in [4.69, 9.17) is 9.97 Å². The van der Waals surface area contributed by atoms with Gasteiger partial charge < -0.3 is 0 Å². The lowest BCUT2D eigenvalue weighted by Crippen LogP contribution is -2.18. The molecule has 0 saturated carbocycles. The van der Waals surface area contributed by atoms with Gasteiger partial charge in [-0.25, -0.2) is 39.9 Å². The third-order valence-corrected chi connectivity index (χ3v) is 32.1. The van der Waals surface area contributed by atoms with E-state index in [-0.39, 0.29) is 0 Å². The molecule has 1 aliphatic carbocycles. The van der Waals surface area contributed by atoms with Crippen LogP contribution in [0.2, 0.25) is 0 Å². The molecule has 0 fully saturated rings. The smallest absolute Gasteiger partial charge is 0.0963 e. The van der Waals surface area contributed by atoms with E-state index in [1.165, 1.54) is 144 Å². The first kappa shape index (κ1) is 104. The van der Waals surface area contributed by atoms with Gasteiger partial charge in [-0.1, -0.05) is 269 Å². The Morgan fingerprint density at radius 3 is 1.18 bits per heavy atom. The number of benzene rings is 1. The Hall–Kier alpha value is -3.85. The molecule has 0 saturated heterocycles. The van der Waals surface area contributed by atoms with Crippen molar-refractivity contribution in [3.8, 4) is 0 Å². The number of fused-ring (bicyclic) bond motifs is 2. The molecule has 11 rings (SSSR count). The van der Waals surface area contributed by atoms with Gasteiger partial charge in [0.15, 0.2) is 0 Å². The Balaban J connectivity index is 0.000000333. The third-order valence-electron chi connectivity index (χ3n) is 19.3. The summed E-state index contributed by atoms with van der Waals surface area (Å²) in [6.07, 6.45) is 8.25. The van der Waals surface area contributed by atoms with Crippen LogP contribution in [-0.2, 0) is 38.5 Å². The molecule has 18 heteroatoms. The topological polar surface area (TPSA) is 116 Å². The molecule has 0 spiro atoms. The molecule has 1 atom stereocenters. The summed E-state index contributed by atoms with van der Waals surface area (Å²) in [7, 11) is 0. The van der Waals surface area contributed by atoms with Gasteiger partial charge in [0.2, 0.25) is 0 Å². The Morgan fingerprint density at radius 2 is 0.816 bits per heavy atom. The first-order chi connectivity index (χ1) is 53.2. The van der Waals surface area contributed by atoms with Gasteiger partial charge >= 0.3 is 0 Å². The van der Waals surface area contributed by atoms with E-state index in [1.54, 1.807) is 27.7 Å². The van der Waals surface area contributed by atoms with Crippen LogP contribution < -0.4 is 0 Å². The number of thiazole rings is 8. The molecule has 9 aromatic heterocycles. The van der Waals surface area contributed by atoms with Crippen molar-refractivity contribution in [2.45, 2.75) is 417 Å². The average molecular weight is 1730 g/mol. The lowest BCUT2D eigenvalue weighted by Gasteiger charge is -2.24. The molecule has 9 nitrogen and oxygen atoms in total. The van der Waals surface area contributed by atoms with Gasteiger partial charge in [0.1, 0.15) is 0 Å².